The number of thiol groups is 2. The number of benzene rings is 1. The van der Waals surface area contributed by atoms with E-state index in [9.17, 15) is 53.1 Å². The van der Waals surface area contributed by atoms with E-state index in [1.165, 1.54) is 29.2 Å². The number of nitrogens with two attached hydrogens (primary N) is 4. The predicted molar refractivity (Wildman–Crippen MR) is 244 cm³/mol. The number of phenolic OH excluding ortho intramolecular Hbond substituents is 1. The molecule has 15 N–H and O–H groups in total. The number of carbonyl (C=O) groups is 10. The molecule has 362 valence electrons. The number of hydrogen-bond donors (Lipinski definition) is 13. The molecule has 2 rings (SSSR count). The van der Waals surface area contributed by atoms with Crippen LogP contribution in [0.3, 0.4) is 0 Å². The van der Waals surface area contributed by atoms with Crippen molar-refractivity contribution in [2.45, 2.75) is 127 Å². The topological polar surface area (TPSA) is 370 Å². The van der Waals surface area contributed by atoms with Gasteiger partial charge >= 0.3 is 0 Å². The van der Waals surface area contributed by atoms with Gasteiger partial charge in [-0.05, 0) is 55.2 Å². The fourth-order valence-corrected chi connectivity index (χ4v) is 7.25. The van der Waals surface area contributed by atoms with Gasteiger partial charge in [-0.1, -0.05) is 46.2 Å². The summed E-state index contributed by atoms with van der Waals surface area (Å²) in [5.74, 6) is -9.41. The second kappa shape index (κ2) is 27.0. The van der Waals surface area contributed by atoms with Crippen LogP contribution >= 0.6 is 25.3 Å². The summed E-state index contributed by atoms with van der Waals surface area (Å²) < 4.78 is 0. The molecule has 0 unspecified atom stereocenters. The molecule has 0 bridgehead atoms. The van der Waals surface area contributed by atoms with Crippen LogP contribution in [0.5, 0.6) is 5.75 Å². The minimum atomic E-state index is -1.73. The summed E-state index contributed by atoms with van der Waals surface area (Å²) in [5.41, 5.74) is 22.7. The van der Waals surface area contributed by atoms with Gasteiger partial charge in [0.05, 0.1) is 12.5 Å². The summed E-state index contributed by atoms with van der Waals surface area (Å²) in [7, 11) is 0. The summed E-state index contributed by atoms with van der Waals surface area (Å²) in [6.07, 6.45) is -0.425. The molecule has 0 spiro atoms. The van der Waals surface area contributed by atoms with Gasteiger partial charge < -0.3 is 64.8 Å². The molecule has 1 saturated heterocycles. The van der Waals surface area contributed by atoms with Crippen LogP contribution in [0, 0.1) is 11.8 Å². The zero-order chi connectivity index (χ0) is 49.1. The number of hydrogen-bond acceptors (Lipinski definition) is 14. The average Bonchev–Trinajstić information content (AvgIpc) is 3.75. The van der Waals surface area contributed by atoms with Gasteiger partial charge in [0, 0.05) is 30.9 Å². The minimum absolute atomic E-state index is 0.0170. The van der Waals surface area contributed by atoms with Crippen LogP contribution in [0.1, 0.15) is 78.2 Å². The van der Waals surface area contributed by atoms with Crippen LogP contribution in [-0.4, -0.2) is 135 Å². The van der Waals surface area contributed by atoms with Gasteiger partial charge in [-0.2, -0.15) is 25.3 Å². The van der Waals surface area contributed by atoms with Crippen molar-refractivity contribution < 1.29 is 53.1 Å². The smallest absolute Gasteiger partial charge is 0.246 e. The highest BCUT2D eigenvalue weighted by molar-refractivity contribution is 7.80. The van der Waals surface area contributed by atoms with Crippen molar-refractivity contribution in [3.05, 3.63) is 29.8 Å². The summed E-state index contributed by atoms with van der Waals surface area (Å²) in [4.78, 5) is 133. The Kier molecular flexibility index (Phi) is 23.1. The Bertz CT molecular complexity index is 1870. The van der Waals surface area contributed by atoms with E-state index in [1.807, 2.05) is 13.8 Å². The molecule has 0 saturated carbocycles. The molecule has 1 fully saturated rings. The maximum absolute atomic E-state index is 14.0. The third-order valence-corrected chi connectivity index (χ3v) is 11.4. The number of nitrogens with zero attached hydrogens (tertiary/aromatic N) is 1. The molecule has 1 aromatic carbocycles. The Balaban J connectivity index is 2.34. The van der Waals surface area contributed by atoms with E-state index in [2.05, 4.69) is 57.2 Å². The number of carbonyl (C=O) groups excluding carboxylic acids is 10. The number of phenols is 1. The lowest BCUT2D eigenvalue weighted by Gasteiger charge is -2.30. The van der Waals surface area contributed by atoms with Crippen LogP contribution in [0.2, 0.25) is 0 Å². The van der Waals surface area contributed by atoms with Crippen LogP contribution < -0.4 is 54.8 Å². The average molecular weight is 952 g/mol. The second-order valence-electron chi connectivity index (χ2n) is 16.4. The molecule has 0 radical (unpaired) electrons. The van der Waals surface area contributed by atoms with Crippen LogP contribution in [0.15, 0.2) is 24.3 Å². The van der Waals surface area contributed by atoms with Gasteiger partial charge in [0.15, 0.2) is 0 Å². The largest absolute Gasteiger partial charge is 0.508 e. The monoisotopic (exact) mass is 951 g/mol. The van der Waals surface area contributed by atoms with Gasteiger partial charge in [0.2, 0.25) is 59.1 Å². The van der Waals surface area contributed by atoms with Crippen molar-refractivity contribution in [3.8, 4) is 5.75 Å². The molecule has 0 aliphatic carbocycles. The number of rotatable bonds is 27. The van der Waals surface area contributed by atoms with Gasteiger partial charge in [-0.3, -0.25) is 47.9 Å². The van der Waals surface area contributed by atoms with Crippen molar-refractivity contribution in [2.75, 3.05) is 18.1 Å². The fourth-order valence-electron chi connectivity index (χ4n) is 6.84. The second-order valence-corrected chi connectivity index (χ2v) is 17.1. The van der Waals surface area contributed by atoms with Crippen LogP contribution in [-0.2, 0) is 54.4 Å². The van der Waals surface area contributed by atoms with E-state index in [0.29, 0.717) is 18.4 Å². The maximum atomic E-state index is 14.0. The SMILES string of the molecule is CC[C@H](C)[C@H](NC(=O)[C@H](Cc1ccc(O)cc1)NC(=O)[C@@H](N)CS)C(=O)N[C@@H](CCC(N)=O)C(=O)N[C@@H](CC(N)=O)C(=O)N[C@@H](CS)C(=O)N1CCC[C@H]1C(=O)N[C@@H](CC(C)C)C(N)=O. The Morgan fingerprint density at radius 2 is 1.29 bits per heavy atom. The molecular weight excluding hydrogens is 887 g/mol. The molecule has 65 heavy (non-hydrogen) atoms. The third-order valence-electron chi connectivity index (χ3n) is 10.7. The first-order valence-corrected chi connectivity index (χ1v) is 22.5. The predicted octanol–water partition coefficient (Wildman–Crippen LogP) is -3.26. The van der Waals surface area contributed by atoms with Gasteiger partial charge in [0.25, 0.3) is 0 Å². The molecule has 1 aliphatic rings. The Morgan fingerprint density at radius 3 is 1.83 bits per heavy atom. The highest BCUT2D eigenvalue weighted by Crippen LogP contribution is 2.20. The summed E-state index contributed by atoms with van der Waals surface area (Å²) >= 11 is 8.27. The van der Waals surface area contributed by atoms with E-state index < -0.39 is 133 Å². The Labute approximate surface area is 388 Å². The van der Waals surface area contributed by atoms with Crippen molar-refractivity contribution in [3.63, 3.8) is 0 Å². The zero-order valence-corrected chi connectivity index (χ0v) is 38.8. The lowest BCUT2D eigenvalue weighted by molar-refractivity contribution is -0.142. The minimum Gasteiger partial charge on any atom is -0.508 e. The van der Waals surface area contributed by atoms with E-state index in [4.69, 9.17) is 22.9 Å². The zero-order valence-electron chi connectivity index (χ0n) is 37.0. The van der Waals surface area contributed by atoms with Crippen molar-refractivity contribution in [1.29, 1.82) is 0 Å². The van der Waals surface area contributed by atoms with E-state index in [0.717, 1.165) is 0 Å². The van der Waals surface area contributed by atoms with Crippen molar-refractivity contribution in [1.82, 2.24) is 36.8 Å². The summed E-state index contributed by atoms with van der Waals surface area (Å²) in [5, 5.41) is 24.8. The standard InChI is InChI=1S/C41H65N11O11S2/c1-5-21(4)33(51-38(60)27(48-35(57)24(42)18-64)16-22-8-10-23(53)11-9-22)40(62)46-25(12-13-31(43)54)36(58)49-28(17-32(44)55)37(59)50-29(19-65)41(63)52-14-6-7-30(52)39(61)47-26(34(45)56)15-20(2)3/h8-11,20-21,24-30,33,53,64-65H,5-7,12-19,42H2,1-4H3,(H2,43,54)(H2,44,55)(H2,45,56)(H,46,62)(H,47,61)(H,48,57)(H,49,58)(H,50,59)(H,51,60)/t21-,24-,25-,26-,27-,28-,29-,30-,33-/m0/s1. The Hall–Kier alpha value is -5.62. The van der Waals surface area contributed by atoms with E-state index >= 15 is 0 Å². The lowest BCUT2D eigenvalue weighted by atomic mass is 9.96. The van der Waals surface area contributed by atoms with Gasteiger partial charge in [-0.15, -0.1) is 0 Å². The molecular formula is C41H65N11O11S2. The van der Waals surface area contributed by atoms with Crippen molar-refractivity contribution in [2.24, 2.45) is 34.8 Å². The molecule has 22 nitrogen and oxygen atoms in total. The quantitative estimate of drug-likeness (QED) is 0.0387. The van der Waals surface area contributed by atoms with Crippen LogP contribution in [0.4, 0.5) is 0 Å². The number of aromatic hydroxyl groups is 1. The first-order chi connectivity index (χ1) is 30.5. The fraction of sp³-hybridized carbons (Fsp3) is 0.610. The molecule has 1 heterocycles. The number of amides is 10. The van der Waals surface area contributed by atoms with E-state index in [-0.39, 0.29) is 49.0 Å². The van der Waals surface area contributed by atoms with E-state index in [1.54, 1.807) is 13.8 Å². The molecule has 9 atom stereocenters. The number of likely N-dealkylation sites (tertiary alicyclic amines) is 1. The maximum Gasteiger partial charge on any atom is 0.246 e. The highest BCUT2D eigenvalue weighted by atomic mass is 32.1. The highest BCUT2D eigenvalue weighted by Gasteiger charge is 2.40. The van der Waals surface area contributed by atoms with Crippen molar-refractivity contribution >= 4 is 84.3 Å². The summed E-state index contributed by atoms with van der Waals surface area (Å²) in [6.45, 7) is 7.19. The molecule has 10 amide bonds. The molecule has 1 aliphatic heterocycles. The Morgan fingerprint density at radius 1 is 0.723 bits per heavy atom. The first kappa shape index (κ1) is 55.5. The first-order valence-electron chi connectivity index (χ1n) is 21.3. The summed E-state index contributed by atoms with van der Waals surface area (Å²) in [6, 6.07) is -4.53. The van der Waals surface area contributed by atoms with Crippen LogP contribution in [0.25, 0.3) is 0 Å². The lowest BCUT2D eigenvalue weighted by Crippen LogP contribution is -2.61. The number of primary amides is 3. The number of nitrogens with one attached hydrogen (secondary N) is 6. The molecule has 1 aromatic rings. The normalized spacial score (nSPS) is 17.2. The van der Waals surface area contributed by atoms with Gasteiger partial charge in [0.1, 0.15) is 48.0 Å². The molecule has 24 heteroatoms. The van der Waals surface area contributed by atoms with Gasteiger partial charge in [-0.25, -0.2) is 0 Å². The third kappa shape index (κ3) is 18.1. The molecule has 0 aromatic heterocycles.